The molecule has 1 aliphatic heterocycles. The van der Waals surface area contributed by atoms with Crippen LogP contribution < -0.4 is 4.90 Å². The number of benzene rings is 3. The van der Waals surface area contributed by atoms with Gasteiger partial charge in [0.1, 0.15) is 17.3 Å². The summed E-state index contributed by atoms with van der Waals surface area (Å²) >= 11 is 0. The number of para-hydroxylation sites is 1. The summed E-state index contributed by atoms with van der Waals surface area (Å²) in [6.45, 7) is 0. The molecule has 0 aliphatic carbocycles. The first kappa shape index (κ1) is 17.8. The molecular formula is C23H16F2N2O. The molecule has 0 fully saturated rings. The van der Waals surface area contributed by atoms with Gasteiger partial charge in [-0.1, -0.05) is 30.3 Å². The van der Waals surface area contributed by atoms with Crippen molar-refractivity contribution >= 4 is 23.4 Å². The number of benzodiazepines with no additional fused rings is 1. The van der Waals surface area contributed by atoms with Crippen LogP contribution in [-0.4, -0.2) is 18.7 Å². The average molecular weight is 374 g/mol. The zero-order valence-corrected chi connectivity index (χ0v) is 15.1. The third-order valence-corrected chi connectivity index (χ3v) is 4.57. The fourth-order valence-corrected chi connectivity index (χ4v) is 3.11. The summed E-state index contributed by atoms with van der Waals surface area (Å²) in [6, 6.07) is 19.3. The van der Waals surface area contributed by atoms with Crippen molar-refractivity contribution in [2.45, 2.75) is 0 Å². The number of fused-ring (bicyclic) bond motifs is 1. The molecule has 3 aromatic rings. The molecule has 3 nitrogen and oxygen atoms in total. The molecule has 3 aromatic carbocycles. The van der Waals surface area contributed by atoms with Gasteiger partial charge in [0, 0.05) is 18.2 Å². The minimum atomic E-state index is -0.352. The summed E-state index contributed by atoms with van der Waals surface area (Å²) in [6.07, 6.45) is 1.62. The van der Waals surface area contributed by atoms with E-state index in [4.69, 9.17) is 0 Å². The highest BCUT2D eigenvalue weighted by Crippen LogP contribution is 2.29. The van der Waals surface area contributed by atoms with Crippen LogP contribution in [0.15, 0.2) is 83.5 Å². The molecule has 28 heavy (non-hydrogen) atoms. The molecule has 138 valence electrons. The molecule has 0 radical (unpaired) electrons. The SMILES string of the molecule is CN1C(=O)/C(=C/c2ccc(F)cc2)N=C(c2ccc(F)cc2)c2ccccc21. The first-order chi connectivity index (χ1) is 13.5. The number of carbonyl (C=O) groups is 1. The van der Waals surface area contributed by atoms with Crippen molar-refractivity contribution in [2.24, 2.45) is 4.99 Å². The van der Waals surface area contributed by atoms with Gasteiger partial charge < -0.3 is 4.90 Å². The highest BCUT2D eigenvalue weighted by molar-refractivity contribution is 6.23. The molecule has 0 N–H and O–H groups in total. The predicted molar refractivity (Wildman–Crippen MR) is 106 cm³/mol. The number of aliphatic imine (C=N–C) groups is 1. The molecule has 1 aliphatic rings. The lowest BCUT2D eigenvalue weighted by molar-refractivity contribution is -0.114. The van der Waals surface area contributed by atoms with Crippen LogP contribution in [0.3, 0.4) is 0 Å². The number of carbonyl (C=O) groups excluding carboxylic acids is 1. The Bertz CT molecular complexity index is 1100. The smallest absolute Gasteiger partial charge is 0.276 e. The Morgan fingerprint density at radius 3 is 2.14 bits per heavy atom. The number of hydrogen-bond donors (Lipinski definition) is 0. The first-order valence-corrected chi connectivity index (χ1v) is 8.72. The van der Waals surface area contributed by atoms with E-state index < -0.39 is 0 Å². The van der Waals surface area contributed by atoms with Gasteiger partial charge in [0.05, 0.1) is 11.4 Å². The third-order valence-electron chi connectivity index (χ3n) is 4.57. The molecule has 0 spiro atoms. The Hall–Kier alpha value is -3.60. The highest BCUT2D eigenvalue weighted by atomic mass is 19.1. The van der Waals surface area contributed by atoms with Crippen molar-refractivity contribution in [1.29, 1.82) is 0 Å². The number of rotatable bonds is 2. The third kappa shape index (κ3) is 3.34. The zero-order chi connectivity index (χ0) is 19.7. The number of anilines is 1. The number of likely N-dealkylation sites (N-methyl/N-ethyl adjacent to an activating group) is 1. The van der Waals surface area contributed by atoms with E-state index in [2.05, 4.69) is 4.99 Å². The van der Waals surface area contributed by atoms with E-state index in [9.17, 15) is 13.6 Å². The summed E-state index contributed by atoms with van der Waals surface area (Å²) in [7, 11) is 1.68. The quantitative estimate of drug-likeness (QED) is 0.592. The van der Waals surface area contributed by atoms with Crippen molar-refractivity contribution in [3.05, 3.63) is 107 Å². The van der Waals surface area contributed by atoms with E-state index in [0.717, 1.165) is 5.56 Å². The van der Waals surface area contributed by atoms with Gasteiger partial charge in [-0.25, -0.2) is 13.8 Å². The maximum absolute atomic E-state index is 13.4. The van der Waals surface area contributed by atoms with Crippen molar-refractivity contribution in [1.82, 2.24) is 0 Å². The lowest BCUT2D eigenvalue weighted by atomic mass is 10.0. The van der Waals surface area contributed by atoms with Gasteiger partial charge in [-0.05, 0) is 54.1 Å². The van der Waals surface area contributed by atoms with Crippen LogP contribution in [-0.2, 0) is 4.79 Å². The van der Waals surface area contributed by atoms with Crippen molar-refractivity contribution in [3.8, 4) is 0 Å². The van der Waals surface area contributed by atoms with Crippen LogP contribution in [0.5, 0.6) is 0 Å². The highest BCUT2D eigenvalue weighted by Gasteiger charge is 2.25. The molecule has 0 saturated heterocycles. The van der Waals surface area contributed by atoms with Crippen molar-refractivity contribution < 1.29 is 13.6 Å². The fourth-order valence-electron chi connectivity index (χ4n) is 3.11. The Balaban J connectivity index is 1.92. The van der Waals surface area contributed by atoms with Gasteiger partial charge in [-0.2, -0.15) is 0 Å². The summed E-state index contributed by atoms with van der Waals surface area (Å²) < 4.78 is 26.6. The Kier molecular flexibility index (Phi) is 4.57. The second-order valence-corrected chi connectivity index (χ2v) is 6.43. The second-order valence-electron chi connectivity index (χ2n) is 6.43. The van der Waals surface area contributed by atoms with Crippen LogP contribution in [0.4, 0.5) is 14.5 Å². The van der Waals surface area contributed by atoms with E-state index in [-0.39, 0.29) is 23.2 Å². The largest absolute Gasteiger partial charge is 0.309 e. The molecule has 1 heterocycles. The van der Waals surface area contributed by atoms with Gasteiger partial charge in [-0.3, -0.25) is 4.79 Å². The lowest BCUT2D eigenvalue weighted by Crippen LogP contribution is -2.26. The molecule has 0 aromatic heterocycles. The van der Waals surface area contributed by atoms with Gasteiger partial charge in [0.2, 0.25) is 0 Å². The molecule has 1 amide bonds. The normalized spacial score (nSPS) is 15.2. The standard InChI is InChI=1S/C23H16F2N2O/c1-27-21-5-3-2-4-19(21)22(16-8-12-18(25)13-9-16)26-20(23(27)28)14-15-6-10-17(24)11-7-15/h2-14H,1H3/b20-14-. The lowest BCUT2D eigenvalue weighted by Gasteiger charge is -2.17. The van der Waals surface area contributed by atoms with E-state index in [1.54, 1.807) is 37.4 Å². The molecule has 0 atom stereocenters. The summed E-state index contributed by atoms with van der Waals surface area (Å²) in [4.78, 5) is 19.2. The van der Waals surface area contributed by atoms with Crippen LogP contribution in [0.25, 0.3) is 6.08 Å². The van der Waals surface area contributed by atoms with Gasteiger partial charge >= 0.3 is 0 Å². The zero-order valence-electron chi connectivity index (χ0n) is 15.1. The topological polar surface area (TPSA) is 32.7 Å². The van der Waals surface area contributed by atoms with Gasteiger partial charge in [0.15, 0.2) is 0 Å². The summed E-state index contributed by atoms with van der Waals surface area (Å²) in [5, 5.41) is 0. The van der Waals surface area contributed by atoms with Gasteiger partial charge in [-0.15, -0.1) is 0 Å². The molecule has 5 heteroatoms. The van der Waals surface area contributed by atoms with Crippen LogP contribution >= 0.6 is 0 Å². The van der Waals surface area contributed by atoms with Crippen molar-refractivity contribution in [3.63, 3.8) is 0 Å². The Labute approximate surface area is 161 Å². The number of halogens is 2. The van der Waals surface area contributed by atoms with E-state index >= 15 is 0 Å². The summed E-state index contributed by atoms with van der Waals surface area (Å²) in [5.74, 6) is -0.982. The van der Waals surface area contributed by atoms with Crippen LogP contribution in [0.2, 0.25) is 0 Å². The summed E-state index contributed by atoms with van der Waals surface area (Å²) in [5.41, 5.74) is 3.62. The molecule has 4 rings (SSSR count). The van der Waals surface area contributed by atoms with Crippen LogP contribution in [0, 0.1) is 11.6 Å². The minimum Gasteiger partial charge on any atom is -0.309 e. The predicted octanol–water partition coefficient (Wildman–Crippen LogP) is 4.82. The first-order valence-electron chi connectivity index (χ1n) is 8.72. The van der Waals surface area contributed by atoms with E-state index in [1.807, 2.05) is 24.3 Å². The minimum absolute atomic E-state index is 0.213. The number of nitrogens with zero attached hydrogens (tertiary/aromatic N) is 2. The fraction of sp³-hybridized carbons (Fsp3) is 0.0435. The maximum Gasteiger partial charge on any atom is 0.276 e. The van der Waals surface area contributed by atoms with Crippen molar-refractivity contribution in [2.75, 3.05) is 11.9 Å². The maximum atomic E-state index is 13.4. The van der Waals surface area contributed by atoms with Crippen LogP contribution in [0.1, 0.15) is 16.7 Å². The van der Waals surface area contributed by atoms with Gasteiger partial charge in [0.25, 0.3) is 5.91 Å². The molecule has 0 bridgehead atoms. The molecule has 0 unspecified atom stereocenters. The molecule has 0 saturated carbocycles. The molecular weight excluding hydrogens is 358 g/mol. The Morgan fingerprint density at radius 1 is 0.857 bits per heavy atom. The Morgan fingerprint density at radius 2 is 1.46 bits per heavy atom. The van der Waals surface area contributed by atoms with E-state index in [0.29, 0.717) is 22.5 Å². The number of hydrogen-bond acceptors (Lipinski definition) is 2. The monoisotopic (exact) mass is 374 g/mol. The average Bonchev–Trinajstić information content (AvgIpc) is 2.81. The number of amides is 1. The second kappa shape index (κ2) is 7.19. The van der Waals surface area contributed by atoms with E-state index in [1.165, 1.54) is 29.2 Å².